The van der Waals surface area contributed by atoms with Crippen LogP contribution < -0.4 is 14.8 Å². The first-order chi connectivity index (χ1) is 11.6. The largest absolute Gasteiger partial charge is 0.487 e. The van der Waals surface area contributed by atoms with Crippen molar-refractivity contribution in [1.82, 2.24) is 5.32 Å². The van der Waals surface area contributed by atoms with Gasteiger partial charge in [0.1, 0.15) is 35.8 Å². The zero-order valence-electron chi connectivity index (χ0n) is 13.6. The summed E-state index contributed by atoms with van der Waals surface area (Å²) in [5, 5.41) is 2.54. The average Bonchev–Trinajstić information content (AvgIpc) is 2.57. The summed E-state index contributed by atoms with van der Waals surface area (Å²) in [6.45, 7) is 4.29. The van der Waals surface area contributed by atoms with Crippen molar-refractivity contribution >= 4 is 6.09 Å². The maximum atomic E-state index is 12.8. The maximum absolute atomic E-state index is 12.8. The van der Waals surface area contributed by atoms with Crippen LogP contribution in [0.3, 0.4) is 0 Å². The van der Waals surface area contributed by atoms with Gasteiger partial charge in [-0.1, -0.05) is 0 Å². The van der Waals surface area contributed by atoms with Gasteiger partial charge < -0.3 is 19.5 Å². The first-order valence-corrected chi connectivity index (χ1v) is 7.67. The minimum atomic E-state index is -0.462. The number of amides is 1. The smallest absolute Gasteiger partial charge is 0.407 e. The second-order valence-electron chi connectivity index (χ2n) is 5.08. The molecule has 2 rings (SSSR count). The van der Waals surface area contributed by atoms with Gasteiger partial charge in [-0.05, 0) is 62.4 Å². The van der Waals surface area contributed by atoms with Crippen LogP contribution in [0.25, 0.3) is 0 Å². The van der Waals surface area contributed by atoms with Gasteiger partial charge >= 0.3 is 6.09 Å². The summed E-state index contributed by atoms with van der Waals surface area (Å²) in [6, 6.07) is 12.8. The standard InChI is InChI=1S/C18H20FNO4/c1-3-20-18(21)22-12-13(2)23-15-8-10-17(11-9-15)24-16-6-4-14(19)5-7-16/h4-11,13H,3,12H2,1-2H3,(H,20,21). The highest BCUT2D eigenvalue weighted by Gasteiger charge is 2.08. The van der Waals surface area contributed by atoms with Crippen LogP contribution in [0.4, 0.5) is 9.18 Å². The van der Waals surface area contributed by atoms with Crippen molar-refractivity contribution in [3.63, 3.8) is 0 Å². The molecule has 0 saturated heterocycles. The second-order valence-corrected chi connectivity index (χ2v) is 5.08. The van der Waals surface area contributed by atoms with Gasteiger partial charge in [-0.2, -0.15) is 0 Å². The SMILES string of the molecule is CCNC(=O)OCC(C)Oc1ccc(Oc2ccc(F)cc2)cc1. The summed E-state index contributed by atoms with van der Waals surface area (Å²) in [6.07, 6.45) is -0.743. The highest BCUT2D eigenvalue weighted by Crippen LogP contribution is 2.24. The van der Waals surface area contributed by atoms with E-state index in [9.17, 15) is 9.18 Å². The number of alkyl carbamates (subject to hydrolysis) is 1. The van der Waals surface area contributed by atoms with E-state index >= 15 is 0 Å². The zero-order valence-corrected chi connectivity index (χ0v) is 13.6. The van der Waals surface area contributed by atoms with Crippen molar-refractivity contribution in [2.45, 2.75) is 20.0 Å². The van der Waals surface area contributed by atoms with E-state index in [1.165, 1.54) is 12.1 Å². The molecule has 24 heavy (non-hydrogen) atoms. The van der Waals surface area contributed by atoms with Crippen molar-refractivity contribution in [3.05, 3.63) is 54.3 Å². The van der Waals surface area contributed by atoms with Crippen LogP contribution in [0.5, 0.6) is 17.2 Å². The van der Waals surface area contributed by atoms with Crippen LogP contribution in [0.15, 0.2) is 48.5 Å². The Bertz CT molecular complexity index is 643. The molecule has 0 aliphatic carbocycles. The molecule has 2 aromatic rings. The van der Waals surface area contributed by atoms with Crippen molar-refractivity contribution in [2.75, 3.05) is 13.2 Å². The van der Waals surface area contributed by atoms with Gasteiger partial charge in [0.2, 0.25) is 0 Å². The molecule has 0 aliphatic heterocycles. The highest BCUT2D eigenvalue weighted by atomic mass is 19.1. The summed E-state index contributed by atoms with van der Waals surface area (Å²) in [7, 11) is 0. The molecule has 0 saturated carbocycles. The molecule has 0 radical (unpaired) electrons. The number of carbonyl (C=O) groups is 1. The molecular weight excluding hydrogens is 313 g/mol. The van der Waals surface area contributed by atoms with Crippen LogP contribution in [-0.4, -0.2) is 25.3 Å². The lowest BCUT2D eigenvalue weighted by molar-refractivity contribution is 0.0906. The molecule has 1 atom stereocenters. The Morgan fingerprint density at radius 2 is 1.58 bits per heavy atom. The third kappa shape index (κ3) is 5.79. The number of carbonyl (C=O) groups excluding carboxylic acids is 1. The van der Waals surface area contributed by atoms with E-state index in [0.29, 0.717) is 23.8 Å². The van der Waals surface area contributed by atoms with E-state index in [2.05, 4.69) is 5.32 Å². The molecule has 0 bridgehead atoms. The molecular formula is C18H20FNO4. The van der Waals surface area contributed by atoms with Crippen LogP contribution in [0.2, 0.25) is 0 Å². The Morgan fingerprint density at radius 3 is 2.17 bits per heavy atom. The molecule has 0 aromatic heterocycles. The number of nitrogens with one attached hydrogen (secondary N) is 1. The first-order valence-electron chi connectivity index (χ1n) is 7.67. The van der Waals surface area contributed by atoms with Crippen molar-refractivity contribution in [1.29, 1.82) is 0 Å². The minimum Gasteiger partial charge on any atom is -0.487 e. The van der Waals surface area contributed by atoms with E-state index in [4.69, 9.17) is 14.2 Å². The maximum Gasteiger partial charge on any atom is 0.407 e. The molecule has 6 heteroatoms. The molecule has 0 fully saturated rings. The molecule has 128 valence electrons. The van der Waals surface area contributed by atoms with Gasteiger partial charge in [-0.15, -0.1) is 0 Å². The Labute approximate surface area is 140 Å². The number of ether oxygens (including phenoxy) is 3. The van der Waals surface area contributed by atoms with Gasteiger partial charge in [-0.3, -0.25) is 0 Å². The monoisotopic (exact) mass is 333 g/mol. The van der Waals surface area contributed by atoms with Gasteiger partial charge in [0, 0.05) is 6.54 Å². The molecule has 0 aliphatic rings. The topological polar surface area (TPSA) is 56.8 Å². The fourth-order valence-electron chi connectivity index (χ4n) is 1.88. The fourth-order valence-corrected chi connectivity index (χ4v) is 1.88. The summed E-state index contributed by atoms with van der Waals surface area (Å²) in [5.74, 6) is 1.48. The van der Waals surface area contributed by atoms with Gasteiger partial charge in [0.15, 0.2) is 0 Å². The molecule has 0 heterocycles. The third-order valence-electron chi connectivity index (χ3n) is 2.98. The number of hydrogen-bond acceptors (Lipinski definition) is 4. The van der Waals surface area contributed by atoms with Crippen molar-refractivity contribution < 1.29 is 23.4 Å². The summed E-state index contributed by atoms with van der Waals surface area (Å²) >= 11 is 0. The van der Waals surface area contributed by atoms with E-state index in [1.807, 2.05) is 13.8 Å². The van der Waals surface area contributed by atoms with E-state index in [-0.39, 0.29) is 18.5 Å². The molecule has 1 amide bonds. The van der Waals surface area contributed by atoms with Crippen LogP contribution in [0.1, 0.15) is 13.8 Å². The lowest BCUT2D eigenvalue weighted by Gasteiger charge is -2.15. The predicted octanol–water partition coefficient (Wildman–Crippen LogP) is 4.13. The summed E-state index contributed by atoms with van der Waals surface area (Å²) in [4.78, 5) is 11.2. The Hall–Kier alpha value is -2.76. The lowest BCUT2D eigenvalue weighted by atomic mass is 10.3. The minimum absolute atomic E-state index is 0.152. The van der Waals surface area contributed by atoms with Crippen LogP contribution in [0, 0.1) is 5.82 Å². The average molecular weight is 333 g/mol. The van der Waals surface area contributed by atoms with Crippen LogP contribution in [-0.2, 0) is 4.74 Å². The molecule has 0 spiro atoms. The van der Waals surface area contributed by atoms with Crippen LogP contribution >= 0.6 is 0 Å². The Morgan fingerprint density at radius 1 is 1.04 bits per heavy atom. The predicted molar refractivity (Wildman–Crippen MR) is 88.0 cm³/mol. The Balaban J connectivity index is 1.83. The van der Waals surface area contributed by atoms with E-state index < -0.39 is 6.09 Å². The number of hydrogen-bond donors (Lipinski definition) is 1. The van der Waals surface area contributed by atoms with Gasteiger partial charge in [0.25, 0.3) is 0 Å². The van der Waals surface area contributed by atoms with Crippen molar-refractivity contribution in [3.8, 4) is 17.2 Å². The highest BCUT2D eigenvalue weighted by molar-refractivity contribution is 5.66. The summed E-state index contributed by atoms with van der Waals surface area (Å²) < 4.78 is 29.1. The normalized spacial score (nSPS) is 11.5. The number of benzene rings is 2. The fraction of sp³-hybridized carbons (Fsp3) is 0.278. The summed E-state index contributed by atoms with van der Waals surface area (Å²) in [5.41, 5.74) is 0. The molecule has 1 N–H and O–H groups in total. The van der Waals surface area contributed by atoms with Crippen molar-refractivity contribution in [2.24, 2.45) is 0 Å². The van der Waals surface area contributed by atoms with Gasteiger partial charge in [0.05, 0.1) is 0 Å². The lowest BCUT2D eigenvalue weighted by Crippen LogP contribution is -2.28. The molecule has 2 aromatic carbocycles. The third-order valence-corrected chi connectivity index (χ3v) is 2.98. The first kappa shape index (κ1) is 17.6. The van der Waals surface area contributed by atoms with E-state index in [0.717, 1.165) is 0 Å². The number of halogens is 1. The molecule has 1 unspecified atom stereocenters. The van der Waals surface area contributed by atoms with E-state index in [1.54, 1.807) is 36.4 Å². The Kier molecular flexibility index (Phi) is 6.42. The number of rotatable bonds is 7. The quantitative estimate of drug-likeness (QED) is 0.828. The zero-order chi connectivity index (χ0) is 17.4. The second kappa shape index (κ2) is 8.76. The molecule has 5 nitrogen and oxygen atoms in total. The van der Waals surface area contributed by atoms with Gasteiger partial charge in [-0.25, -0.2) is 9.18 Å².